The van der Waals surface area contributed by atoms with Gasteiger partial charge in [0, 0.05) is 11.3 Å². The lowest BCUT2D eigenvalue weighted by molar-refractivity contribution is -0.153. The van der Waals surface area contributed by atoms with E-state index in [0.717, 1.165) is 6.26 Å². The minimum atomic E-state index is -3.40. The van der Waals surface area contributed by atoms with Gasteiger partial charge in [0.2, 0.25) is 15.8 Å². The molecule has 0 aliphatic rings. The van der Waals surface area contributed by atoms with Crippen molar-refractivity contribution in [2.75, 3.05) is 11.0 Å². The normalized spacial score (nSPS) is 13.3. The van der Waals surface area contributed by atoms with Crippen LogP contribution in [-0.4, -0.2) is 38.6 Å². The van der Waals surface area contributed by atoms with Crippen LogP contribution in [0.4, 0.5) is 5.69 Å². The number of ketones is 1. The molecular formula is C19H21NO6S. The lowest BCUT2D eigenvalue weighted by atomic mass is 10.1. The molecule has 0 heterocycles. The molecule has 0 aliphatic heterocycles. The molecule has 0 aromatic heterocycles. The zero-order valence-electron chi connectivity index (χ0n) is 15.2. The van der Waals surface area contributed by atoms with E-state index in [9.17, 15) is 18.0 Å². The van der Waals surface area contributed by atoms with Crippen LogP contribution in [-0.2, 0) is 19.6 Å². The van der Waals surface area contributed by atoms with E-state index in [0.29, 0.717) is 17.0 Å². The van der Waals surface area contributed by atoms with Crippen LogP contribution in [0.3, 0.4) is 0 Å². The molecule has 0 radical (unpaired) electrons. The monoisotopic (exact) mass is 391 g/mol. The minimum Gasteiger partial charge on any atom is -0.479 e. The number of carbonyl (C=O) groups excluding carboxylic acids is 2. The summed E-state index contributed by atoms with van der Waals surface area (Å²) in [6.07, 6.45) is -0.844. The fourth-order valence-corrected chi connectivity index (χ4v) is 2.79. The molecule has 0 bridgehead atoms. The van der Waals surface area contributed by atoms with E-state index in [1.54, 1.807) is 24.3 Å². The fourth-order valence-electron chi connectivity index (χ4n) is 2.23. The molecule has 1 N–H and O–H groups in total. The maximum Gasteiger partial charge on any atom is 0.347 e. The van der Waals surface area contributed by atoms with Crippen LogP contribution >= 0.6 is 0 Å². The van der Waals surface area contributed by atoms with E-state index in [1.807, 2.05) is 6.07 Å². The van der Waals surface area contributed by atoms with Crippen LogP contribution in [0, 0.1) is 0 Å². The molecular weight excluding hydrogens is 370 g/mol. The highest BCUT2D eigenvalue weighted by Gasteiger charge is 2.24. The van der Waals surface area contributed by atoms with Crippen molar-refractivity contribution in [1.29, 1.82) is 0 Å². The average Bonchev–Trinajstić information content (AvgIpc) is 2.61. The zero-order chi connectivity index (χ0) is 20.0. The van der Waals surface area contributed by atoms with Gasteiger partial charge in [-0.25, -0.2) is 13.2 Å². The van der Waals surface area contributed by atoms with Gasteiger partial charge in [-0.2, -0.15) is 0 Å². The first-order valence-corrected chi connectivity index (χ1v) is 10.1. The number of carbonyl (C=O) groups is 2. The molecule has 144 valence electrons. The first-order chi connectivity index (χ1) is 12.7. The molecule has 27 heavy (non-hydrogen) atoms. The second kappa shape index (κ2) is 8.68. The van der Waals surface area contributed by atoms with Gasteiger partial charge in [-0.05, 0) is 50.2 Å². The second-order valence-corrected chi connectivity index (χ2v) is 7.72. The Balaban J connectivity index is 1.95. The molecule has 2 aromatic carbocycles. The Morgan fingerprint density at radius 2 is 1.52 bits per heavy atom. The first-order valence-electron chi connectivity index (χ1n) is 8.20. The van der Waals surface area contributed by atoms with Crippen molar-refractivity contribution in [2.45, 2.75) is 26.1 Å². The van der Waals surface area contributed by atoms with Gasteiger partial charge < -0.3 is 9.47 Å². The van der Waals surface area contributed by atoms with Crippen molar-refractivity contribution in [3.63, 3.8) is 0 Å². The predicted molar refractivity (Wildman–Crippen MR) is 101 cm³/mol. The molecule has 0 fully saturated rings. The molecule has 2 aromatic rings. The quantitative estimate of drug-likeness (QED) is 0.549. The summed E-state index contributed by atoms with van der Waals surface area (Å²) in [5, 5.41) is 0. The zero-order valence-corrected chi connectivity index (χ0v) is 16.0. The number of Topliss-reactive ketones (excluding diaryl/α,β-unsaturated/α-hetero) is 1. The van der Waals surface area contributed by atoms with Crippen LogP contribution in [0.2, 0.25) is 0 Å². The van der Waals surface area contributed by atoms with Crippen LogP contribution in [0.5, 0.6) is 5.75 Å². The second-order valence-electron chi connectivity index (χ2n) is 5.97. The van der Waals surface area contributed by atoms with Crippen molar-refractivity contribution < 1.29 is 27.5 Å². The van der Waals surface area contributed by atoms with Gasteiger partial charge in [-0.3, -0.25) is 9.52 Å². The summed E-state index contributed by atoms with van der Waals surface area (Å²) >= 11 is 0. The van der Waals surface area contributed by atoms with Gasteiger partial charge in [0.25, 0.3) is 0 Å². The van der Waals surface area contributed by atoms with Gasteiger partial charge in [-0.15, -0.1) is 0 Å². The summed E-state index contributed by atoms with van der Waals surface area (Å²) in [4.78, 5) is 24.5. The van der Waals surface area contributed by atoms with Crippen molar-refractivity contribution in [3.8, 4) is 5.75 Å². The summed E-state index contributed by atoms with van der Waals surface area (Å²) in [7, 11) is -3.40. The third-order valence-corrected chi connectivity index (χ3v) is 4.13. The summed E-state index contributed by atoms with van der Waals surface area (Å²) in [6.45, 7) is 3.01. The van der Waals surface area contributed by atoms with Gasteiger partial charge in [0.15, 0.2) is 12.2 Å². The fraction of sp³-hybridized carbons (Fsp3) is 0.263. The standard InChI is InChI=1S/C19H21NO6S/c1-13(26-19(22)14(2)25-17-7-5-4-6-8-17)18(21)15-9-11-16(12-10-15)20-27(3,23)24/h4-14,20H,1-3H3/t13-,14-/m1/s1. The largest absolute Gasteiger partial charge is 0.479 e. The summed E-state index contributed by atoms with van der Waals surface area (Å²) in [6, 6.07) is 14.7. The third-order valence-electron chi connectivity index (χ3n) is 3.52. The van der Waals surface area contributed by atoms with E-state index in [-0.39, 0.29) is 0 Å². The van der Waals surface area contributed by atoms with E-state index in [1.165, 1.54) is 38.1 Å². The van der Waals surface area contributed by atoms with Gasteiger partial charge in [0.05, 0.1) is 6.26 Å². The van der Waals surface area contributed by atoms with Crippen LogP contribution < -0.4 is 9.46 Å². The Labute approximate surface area is 158 Å². The van der Waals surface area contributed by atoms with Gasteiger partial charge in [-0.1, -0.05) is 18.2 Å². The number of hydrogen-bond acceptors (Lipinski definition) is 6. The predicted octanol–water partition coefficient (Wildman–Crippen LogP) is 2.64. The Bertz CT molecular complexity index is 894. The van der Waals surface area contributed by atoms with E-state index >= 15 is 0 Å². The summed E-state index contributed by atoms with van der Waals surface area (Å²) < 4.78 is 35.4. The molecule has 0 amide bonds. The number of anilines is 1. The van der Waals surface area contributed by atoms with Gasteiger partial charge in [0.1, 0.15) is 5.75 Å². The van der Waals surface area contributed by atoms with Crippen molar-refractivity contribution >= 4 is 27.5 Å². The Morgan fingerprint density at radius 3 is 2.07 bits per heavy atom. The number of benzene rings is 2. The van der Waals surface area contributed by atoms with Crippen LogP contribution in [0.1, 0.15) is 24.2 Å². The molecule has 0 unspecified atom stereocenters. The highest BCUT2D eigenvalue weighted by atomic mass is 32.2. The smallest absolute Gasteiger partial charge is 0.347 e. The number of ether oxygens (including phenoxy) is 2. The number of sulfonamides is 1. The Kier molecular flexibility index (Phi) is 6.57. The summed E-state index contributed by atoms with van der Waals surface area (Å²) in [5.74, 6) is -0.536. The molecule has 2 atom stereocenters. The highest BCUT2D eigenvalue weighted by molar-refractivity contribution is 7.92. The van der Waals surface area contributed by atoms with Crippen molar-refractivity contribution in [3.05, 3.63) is 60.2 Å². The number of rotatable bonds is 8. The van der Waals surface area contributed by atoms with Gasteiger partial charge >= 0.3 is 5.97 Å². The minimum absolute atomic E-state index is 0.297. The third kappa shape index (κ3) is 6.41. The van der Waals surface area contributed by atoms with Crippen molar-refractivity contribution in [2.24, 2.45) is 0 Å². The molecule has 0 spiro atoms. The number of para-hydroxylation sites is 1. The number of esters is 1. The van der Waals surface area contributed by atoms with E-state index in [2.05, 4.69) is 4.72 Å². The summed E-state index contributed by atoms with van der Waals surface area (Å²) in [5.41, 5.74) is 0.634. The molecule has 8 heteroatoms. The lowest BCUT2D eigenvalue weighted by Crippen LogP contribution is -2.32. The molecule has 0 aliphatic carbocycles. The Hall–Kier alpha value is -2.87. The van der Waals surface area contributed by atoms with Crippen molar-refractivity contribution in [1.82, 2.24) is 0 Å². The SMILES string of the molecule is C[C@@H](Oc1ccccc1)C(=O)O[C@H](C)C(=O)c1ccc(NS(C)(=O)=O)cc1. The molecule has 7 nitrogen and oxygen atoms in total. The molecule has 0 saturated carbocycles. The highest BCUT2D eigenvalue weighted by Crippen LogP contribution is 2.15. The maximum atomic E-state index is 12.4. The molecule has 2 rings (SSSR count). The van der Waals surface area contributed by atoms with Crippen LogP contribution in [0.15, 0.2) is 54.6 Å². The topological polar surface area (TPSA) is 98.8 Å². The first kappa shape index (κ1) is 20.4. The molecule has 0 saturated heterocycles. The lowest BCUT2D eigenvalue weighted by Gasteiger charge is -2.17. The van der Waals surface area contributed by atoms with Crippen LogP contribution in [0.25, 0.3) is 0 Å². The average molecular weight is 391 g/mol. The number of nitrogens with one attached hydrogen (secondary N) is 1. The van der Waals surface area contributed by atoms with E-state index in [4.69, 9.17) is 9.47 Å². The Morgan fingerprint density at radius 1 is 0.926 bits per heavy atom. The number of hydrogen-bond donors (Lipinski definition) is 1. The van der Waals surface area contributed by atoms with E-state index < -0.39 is 34.0 Å². The maximum absolute atomic E-state index is 12.4.